The molecule has 0 atom stereocenters. The molecule has 0 fully saturated rings. The van der Waals surface area contributed by atoms with E-state index >= 15 is 4.39 Å². The summed E-state index contributed by atoms with van der Waals surface area (Å²) < 4.78 is 29.7. The number of allylic oxidation sites excluding steroid dienone is 2. The van der Waals surface area contributed by atoms with Crippen LogP contribution in [0.15, 0.2) is 76.7 Å². The molecule has 0 spiro atoms. The summed E-state index contributed by atoms with van der Waals surface area (Å²) >= 11 is 3.25. The standard InChI is InChI=1S/C28H32BrF2N5O2/c1-5-7-8-15-36(4)26(32)18(3)9-12-23(31)21(6-2)27(37)34-24-13-11-20(30)16-22(24)28(38)35-25-14-10-19(29)17-33-25/h6,9-11,13-14,16-17,32H,2,5,7-8,12,15H2,1,3-4H3,(H,34,37)(H,33,35,38)/b18-9+,23-21-,32-26?. The highest BCUT2D eigenvalue weighted by atomic mass is 79.9. The summed E-state index contributed by atoms with van der Waals surface area (Å²) in [4.78, 5) is 31.5. The fourth-order valence-electron chi connectivity index (χ4n) is 3.42. The van der Waals surface area contributed by atoms with Crippen LogP contribution in [0.2, 0.25) is 0 Å². The van der Waals surface area contributed by atoms with Gasteiger partial charge in [0, 0.05) is 30.7 Å². The summed E-state index contributed by atoms with van der Waals surface area (Å²) in [5.74, 6) is -2.50. The fraction of sp³-hybridized carbons (Fsp3) is 0.286. The Bertz CT molecular complexity index is 1240. The molecule has 38 heavy (non-hydrogen) atoms. The van der Waals surface area contributed by atoms with Crippen molar-refractivity contribution in [2.24, 2.45) is 0 Å². The number of anilines is 2. The van der Waals surface area contributed by atoms with Crippen molar-refractivity contribution >= 4 is 45.1 Å². The molecule has 202 valence electrons. The Morgan fingerprint density at radius 3 is 2.58 bits per heavy atom. The number of rotatable bonds is 12. The normalized spacial score (nSPS) is 11.9. The second kappa shape index (κ2) is 14.9. The second-order valence-corrected chi connectivity index (χ2v) is 9.47. The quantitative estimate of drug-likeness (QED) is 0.0816. The number of hydrogen-bond acceptors (Lipinski definition) is 4. The molecule has 0 saturated carbocycles. The van der Waals surface area contributed by atoms with Crippen molar-refractivity contribution in [2.75, 3.05) is 24.2 Å². The van der Waals surface area contributed by atoms with E-state index in [4.69, 9.17) is 5.41 Å². The summed E-state index contributed by atoms with van der Waals surface area (Å²) in [5, 5.41) is 13.3. The van der Waals surface area contributed by atoms with Gasteiger partial charge in [-0.15, -0.1) is 0 Å². The van der Waals surface area contributed by atoms with Gasteiger partial charge < -0.3 is 15.5 Å². The molecule has 0 bridgehead atoms. The van der Waals surface area contributed by atoms with Crippen LogP contribution in [0.1, 0.15) is 49.9 Å². The Kier molecular flexibility index (Phi) is 12.0. The molecule has 2 rings (SSSR count). The summed E-state index contributed by atoms with van der Waals surface area (Å²) in [7, 11) is 1.81. The van der Waals surface area contributed by atoms with Crippen LogP contribution in [0, 0.1) is 11.2 Å². The Morgan fingerprint density at radius 2 is 1.95 bits per heavy atom. The topological polar surface area (TPSA) is 98.2 Å². The van der Waals surface area contributed by atoms with E-state index in [9.17, 15) is 14.0 Å². The summed E-state index contributed by atoms with van der Waals surface area (Å²) in [6.07, 6.45) is 6.96. The number of amidine groups is 1. The Labute approximate surface area is 230 Å². The average molecular weight is 588 g/mol. The summed E-state index contributed by atoms with van der Waals surface area (Å²) in [6, 6.07) is 6.48. The molecule has 0 radical (unpaired) electrons. The number of likely N-dealkylation sites (N-methyl/N-ethyl adjacent to an activating group) is 1. The fourth-order valence-corrected chi connectivity index (χ4v) is 3.66. The van der Waals surface area contributed by atoms with E-state index < -0.39 is 23.5 Å². The van der Waals surface area contributed by atoms with Crippen LogP contribution < -0.4 is 10.6 Å². The van der Waals surface area contributed by atoms with Crippen LogP contribution in [-0.2, 0) is 4.79 Å². The smallest absolute Gasteiger partial charge is 0.259 e. The predicted molar refractivity (Wildman–Crippen MR) is 152 cm³/mol. The largest absolute Gasteiger partial charge is 0.360 e. The van der Waals surface area contributed by atoms with Gasteiger partial charge in [0.2, 0.25) is 0 Å². The second-order valence-electron chi connectivity index (χ2n) is 8.55. The number of halogens is 3. The van der Waals surface area contributed by atoms with E-state index in [1.807, 2.05) is 7.05 Å². The third-order valence-electron chi connectivity index (χ3n) is 5.62. The molecule has 7 nitrogen and oxygen atoms in total. The average Bonchev–Trinajstić information content (AvgIpc) is 2.89. The molecule has 0 aliphatic rings. The maximum atomic E-state index is 15.0. The zero-order valence-corrected chi connectivity index (χ0v) is 23.3. The van der Waals surface area contributed by atoms with Crippen LogP contribution in [0.3, 0.4) is 0 Å². The van der Waals surface area contributed by atoms with Crippen molar-refractivity contribution in [1.82, 2.24) is 9.88 Å². The number of aromatic nitrogens is 1. The molecule has 3 N–H and O–H groups in total. The van der Waals surface area contributed by atoms with Gasteiger partial charge in [0.1, 0.15) is 23.3 Å². The number of amides is 2. The van der Waals surface area contributed by atoms with Crippen LogP contribution in [0.5, 0.6) is 0 Å². The van der Waals surface area contributed by atoms with E-state index in [0.29, 0.717) is 10.0 Å². The first-order valence-electron chi connectivity index (χ1n) is 12.1. The van der Waals surface area contributed by atoms with Crippen molar-refractivity contribution in [2.45, 2.75) is 39.5 Å². The van der Waals surface area contributed by atoms with Crippen LogP contribution in [0.4, 0.5) is 20.3 Å². The van der Waals surface area contributed by atoms with Gasteiger partial charge in [-0.3, -0.25) is 15.0 Å². The lowest BCUT2D eigenvalue weighted by atomic mass is 10.1. The number of benzene rings is 1. The summed E-state index contributed by atoms with van der Waals surface area (Å²) in [5.41, 5.74) is 0.0618. The lowest BCUT2D eigenvalue weighted by Crippen LogP contribution is -2.27. The molecule has 0 saturated heterocycles. The van der Waals surface area contributed by atoms with E-state index in [2.05, 4.69) is 45.1 Å². The number of hydrogen-bond donors (Lipinski definition) is 3. The van der Waals surface area contributed by atoms with E-state index in [0.717, 1.165) is 44.0 Å². The van der Waals surface area contributed by atoms with Crippen molar-refractivity contribution in [3.8, 4) is 0 Å². The van der Waals surface area contributed by atoms with Crippen LogP contribution in [-0.4, -0.2) is 41.1 Å². The molecule has 1 aromatic heterocycles. The molecule has 0 aliphatic carbocycles. The number of nitrogens with zero attached hydrogens (tertiary/aromatic N) is 2. The molecule has 0 aliphatic heterocycles. The first-order chi connectivity index (χ1) is 18.1. The van der Waals surface area contributed by atoms with Crippen molar-refractivity contribution in [3.05, 3.63) is 88.1 Å². The van der Waals surface area contributed by atoms with Gasteiger partial charge in [-0.25, -0.2) is 13.8 Å². The highest BCUT2D eigenvalue weighted by molar-refractivity contribution is 9.10. The van der Waals surface area contributed by atoms with Gasteiger partial charge in [-0.1, -0.05) is 38.5 Å². The van der Waals surface area contributed by atoms with E-state index in [1.54, 1.807) is 24.0 Å². The van der Waals surface area contributed by atoms with Crippen LogP contribution >= 0.6 is 15.9 Å². The molecule has 2 aromatic rings. The minimum Gasteiger partial charge on any atom is -0.360 e. The Morgan fingerprint density at radius 1 is 1.21 bits per heavy atom. The van der Waals surface area contributed by atoms with Crippen molar-refractivity contribution < 1.29 is 18.4 Å². The molecule has 0 unspecified atom stereocenters. The third-order valence-corrected chi connectivity index (χ3v) is 6.09. The minimum atomic E-state index is -0.849. The monoisotopic (exact) mass is 587 g/mol. The molecule has 10 heteroatoms. The van der Waals surface area contributed by atoms with Crippen molar-refractivity contribution in [1.29, 1.82) is 5.41 Å². The summed E-state index contributed by atoms with van der Waals surface area (Å²) in [6.45, 7) is 8.07. The molecular weight excluding hydrogens is 556 g/mol. The first-order valence-corrected chi connectivity index (χ1v) is 12.9. The van der Waals surface area contributed by atoms with Crippen molar-refractivity contribution in [3.63, 3.8) is 0 Å². The SMILES string of the molecule is C=C/C(C(=O)Nc1ccc(F)cc1C(=O)Nc1ccc(Br)cn1)=C(/F)C/C=C(\C)C(=N)N(C)CCCCC. The molecule has 1 aromatic carbocycles. The van der Waals surface area contributed by atoms with Gasteiger partial charge in [0.15, 0.2) is 0 Å². The van der Waals surface area contributed by atoms with Gasteiger partial charge in [0.25, 0.3) is 11.8 Å². The van der Waals surface area contributed by atoms with Gasteiger partial charge in [-0.2, -0.15) is 0 Å². The number of unbranched alkanes of at least 4 members (excludes halogenated alkanes) is 2. The van der Waals surface area contributed by atoms with Gasteiger partial charge >= 0.3 is 0 Å². The molecule has 1 heterocycles. The maximum absolute atomic E-state index is 15.0. The van der Waals surface area contributed by atoms with Gasteiger partial charge in [-0.05, 0) is 65.2 Å². The van der Waals surface area contributed by atoms with Gasteiger partial charge in [0.05, 0.1) is 16.8 Å². The molecule has 2 amide bonds. The van der Waals surface area contributed by atoms with E-state index in [1.165, 1.54) is 18.3 Å². The van der Waals surface area contributed by atoms with E-state index in [-0.39, 0.29) is 34.9 Å². The lowest BCUT2D eigenvalue weighted by molar-refractivity contribution is -0.112. The maximum Gasteiger partial charge on any atom is 0.259 e. The Hall–Kier alpha value is -3.66. The zero-order valence-electron chi connectivity index (χ0n) is 21.7. The molecular formula is C28H32BrF2N5O2. The first kappa shape index (κ1) is 30.6. The highest BCUT2D eigenvalue weighted by Gasteiger charge is 2.19. The number of carbonyl (C=O) groups excluding carboxylic acids is 2. The number of pyridine rings is 1. The van der Waals surface area contributed by atoms with Crippen LogP contribution in [0.25, 0.3) is 0 Å². The zero-order chi connectivity index (χ0) is 28.2. The number of nitrogens with one attached hydrogen (secondary N) is 3. The third kappa shape index (κ3) is 9.02. The predicted octanol–water partition coefficient (Wildman–Crippen LogP) is 7.02. The lowest BCUT2D eigenvalue weighted by Gasteiger charge is -2.20. The highest BCUT2D eigenvalue weighted by Crippen LogP contribution is 2.22. The Balaban J connectivity index is 2.18. The minimum absolute atomic E-state index is 0.0135. The number of carbonyl (C=O) groups is 2.